The third kappa shape index (κ3) is 5.62. The van der Waals surface area contributed by atoms with Crippen molar-refractivity contribution >= 4 is 26.2 Å². The first-order valence-corrected chi connectivity index (χ1v) is 7.10. The predicted octanol–water partition coefficient (Wildman–Crippen LogP) is -0.951. The topological polar surface area (TPSA) is 0 Å². The van der Waals surface area contributed by atoms with Gasteiger partial charge in [-0.05, 0) is 29.2 Å². The van der Waals surface area contributed by atoms with Gasteiger partial charge in [-0.25, -0.2) is 0 Å². The quantitative estimate of drug-likeness (QED) is 0.426. The minimum Gasteiger partial charge on any atom is -1.00 e. The van der Waals surface area contributed by atoms with Gasteiger partial charge in [0.25, 0.3) is 0 Å². The summed E-state index contributed by atoms with van der Waals surface area (Å²) in [5.41, 5.74) is 4.78. The Morgan fingerprint density at radius 2 is 1.10 bits per heavy atom. The molecule has 0 saturated carbocycles. The first-order valence-electron chi connectivity index (χ1n) is 7.10. The van der Waals surface area contributed by atoms with Crippen LogP contribution in [0, 0.1) is 29.6 Å². The van der Waals surface area contributed by atoms with Gasteiger partial charge in [0.1, 0.15) is 0 Å². The monoisotopic (exact) mass is 512 g/mol. The molecular weight excluding hydrogens is 484 g/mol. The van der Waals surface area contributed by atoms with Crippen LogP contribution in [0.15, 0.2) is 22.8 Å². The maximum Gasteiger partial charge on any atom is 2.00 e. The van der Waals surface area contributed by atoms with E-state index in [1.807, 2.05) is 0 Å². The molecule has 0 aliphatic heterocycles. The van der Waals surface area contributed by atoms with Gasteiger partial charge >= 0.3 is 26.2 Å². The summed E-state index contributed by atoms with van der Waals surface area (Å²) >= 11 is 0. The molecular formula is C17H29BiCl2. The fraction of sp³-hybridized carbons (Fsp3) is 0.706. The van der Waals surface area contributed by atoms with E-state index in [9.17, 15) is 0 Å². The molecule has 0 nitrogen and oxygen atoms in total. The average molecular weight is 513 g/mol. The molecule has 0 atom stereocenters. The van der Waals surface area contributed by atoms with Crippen LogP contribution in [-0.4, -0.2) is 26.2 Å². The normalized spacial score (nSPS) is 15.5. The van der Waals surface area contributed by atoms with E-state index >= 15 is 0 Å². The molecule has 4 radical (unpaired) electrons. The molecule has 0 amide bonds. The third-order valence-electron chi connectivity index (χ3n) is 3.62. The van der Waals surface area contributed by atoms with Gasteiger partial charge in [0.15, 0.2) is 0 Å². The fourth-order valence-corrected chi connectivity index (χ4v) is 2.88. The standard InChI is InChI=1S/C17H29.Bi.2ClH/c1-10(2)14-9-15(11(3)4)17(13(7)8)16(14)12(5)6;;;/h9-13H,1-8H3;;2*1H/q;+2;;/p-2. The largest absolute Gasteiger partial charge is 2.00 e. The van der Waals surface area contributed by atoms with Crippen molar-refractivity contribution in [3.05, 3.63) is 28.7 Å². The summed E-state index contributed by atoms with van der Waals surface area (Å²) < 4.78 is 0. The van der Waals surface area contributed by atoms with Gasteiger partial charge in [0.2, 0.25) is 0 Å². The van der Waals surface area contributed by atoms with Crippen molar-refractivity contribution in [2.75, 3.05) is 0 Å². The molecule has 0 saturated heterocycles. The molecule has 0 aromatic rings. The zero-order chi connectivity index (χ0) is 13.3. The van der Waals surface area contributed by atoms with Gasteiger partial charge in [-0.2, -0.15) is 0 Å². The zero-order valence-corrected chi connectivity index (χ0v) is 19.1. The Labute approximate surface area is 158 Å². The Balaban J connectivity index is -0.000000963. The van der Waals surface area contributed by atoms with Gasteiger partial charge in [0, 0.05) is 5.92 Å². The molecule has 0 N–H and O–H groups in total. The molecule has 3 heteroatoms. The van der Waals surface area contributed by atoms with Crippen LogP contribution < -0.4 is 24.8 Å². The van der Waals surface area contributed by atoms with Crippen molar-refractivity contribution in [3.63, 3.8) is 0 Å². The van der Waals surface area contributed by atoms with Crippen LogP contribution in [0.4, 0.5) is 0 Å². The van der Waals surface area contributed by atoms with E-state index in [0.717, 1.165) is 0 Å². The summed E-state index contributed by atoms with van der Waals surface area (Å²) in [6, 6.07) is 0. The summed E-state index contributed by atoms with van der Waals surface area (Å²) in [5, 5.41) is 0. The van der Waals surface area contributed by atoms with E-state index in [0.29, 0.717) is 23.7 Å². The molecule has 0 spiro atoms. The Bertz CT molecular complexity index is 339. The Kier molecular flexibility index (Phi) is 13.8. The van der Waals surface area contributed by atoms with Crippen LogP contribution in [0.1, 0.15) is 55.4 Å². The molecule has 0 unspecified atom stereocenters. The van der Waals surface area contributed by atoms with E-state index in [-0.39, 0.29) is 51.0 Å². The Hall–Kier alpha value is 0.943. The van der Waals surface area contributed by atoms with Gasteiger partial charge in [-0.15, -0.1) is 0 Å². The van der Waals surface area contributed by atoms with Crippen molar-refractivity contribution in [2.24, 2.45) is 23.7 Å². The SMILES string of the molecule is CC(C)[C]1C(C(C)C)=CC(C(C)C)=C1C(C)C.[Bi+2].[Cl-].[Cl-]. The molecule has 1 rings (SSSR count). The minimum absolute atomic E-state index is 0. The summed E-state index contributed by atoms with van der Waals surface area (Å²) in [6.07, 6.45) is 2.47. The van der Waals surface area contributed by atoms with Crippen molar-refractivity contribution in [2.45, 2.75) is 55.4 Å². The molecule has 1 aliphatic carbocycles. The number of hydrogen-bond acceptors (Lipinski definition) is 0. The smallest absolute Gasteiger partial charge is 1.00 e. The van der Waals surface area contributed by atoms with Crippen LogP contribution in [0.3, 0.4) is 0 Å². The summed E-state index contributed by atoms with van der Waals surface area (Å²) in [7, 11) is 0. The summed E-state index contributed by atoms with van der Waals surface area (Å²) in [4.78, 5) is 0. The van der Waals surface area contributed by atoms with Crippen molar-refractivity contribution in [3.8, 4) is 0 Å². The van der Waals surface area contributed by atoms with Crippen LogP contribution in [0.5, 0.6) is 0 Å². The Morgan fingerprint density at radius 3 is 1.35 bits per heavy atom. The maximum absolute atomic E-state index is 2.47. The van der Waals surface area contributed by atoms with E-state index < -0.39 is 0 Å². The third-order valence-corrected chi connectivity index (χ3v) is 3.62. The minimum atomic E-state index is 0. The van der Waals surface area contributed by atoms with Crippen molar-refractivity contribution in [1.29, 1.82) is 0 Å². The van der Waals surface area contributed by atoms with Crippen molar-refractivity contribution < 1.29 is 24.8 Å². The maximum atomic E-state index is 2.47. The zero-order valence-electron chi connectivity index (χ0n) is 14.1. The van der Waals surface area contributed by atoms with E-state index in [1.165, 1.54) is 0 Å². The van der Waals surface area contributed by atoms with E-state index in [1.54, 1.807) is 22.6 Å². The molecule has 116 valence electrons. The first kappa shape index (κ1) is 25.9. The van der Waals surface area contributed by atoms with Crippen molar-refractivity contribution in [1.82, 2.24) is 0 Å². The molecule has 1 aliphatic rings. The Morgan fingerprint density at radius 1 is 0.650 bits per heavy atom. The fourth-order valence-electron chi connectivity index (χ4n) is 2.88. The van der Waals surface area contributed by atoms with E-state index in [4.69, 9.17) is 0 Å². The first-order chi connectivity index (χ1) is 7.77. The van der Waals surface area contributed by atoms with Gasteiger partial charge in [-0.3, -0.25) is 0 Å². The van der Waals surface area contributed by atoms with Crippen LogP contribution in [0.2, 0.25) is 0 Å². The average Bonchev–Trinajstić information content (AvgIpc) is 2.56. The second-order valence-corrected chi connectivity index (χ2v) is 6.50. The van der Waals surface area contributed by atoms with Gasteiger partial charge in [0.05, 0.1) is 0 Å². The van der Waals surface area contributed by atoms with Crippen LogP contribution in [0.25, 0.3) is 0 Å². The summed E-state index contributed by atoms with van der Waals surface area (Å²) in [5.74, 6) is 4.17. The number of allylic oxidation sites excluding steroid dienone is 4. The summed E-state index contributed by atoms with van der Waals surface area (Å²) in [6.45, 7) is 18.6. The molecule has 0 fully saturated rings. The predicted molar refractivity (Wildman–Crippen MR) is 83.5 cm³/mol. The molecule has 0 aromatic heterocycles. The molecule has 20 heavy (non-hydrogen) atoms. The second kappa shape index (κ2) is 10.6. The van der Waals surface area contributed by atoms with Gasteiger partial charge < -0.3 is 24.8 Å². The number of hydrogen-bond donors (Lipinski definition) is 0. The molecule has 0 bridgehead atoms. The molecule has 0 heterocycles. The molecule has 0 aromatic carbocycles. The van der Waals surface area contributed by atoms with Crippen LogP contribution in [-0.2, 0) is 0 Å². The van der Waals surface area contributed by atoms with Gasteiger partial charge in [-0.1, -0.05) is 72.6 Å². The van der Waals surface area contributed by atoms with Crippen LogP contribution >= 0.6 is 0 Å². The number of rotatable bonds is 4. The van der Waals surface area contributed by atoms with E-state index in [2.05, 4.69) is 61.5 Å². The second-order valence-electron chi connectivity index (χ2n) is 6.50. The number of halogens is 2.